The molecule has 1 aromatic carbocycles. The minimum Gasteiger partial charge on any atom is -0.298 e. The van der Waals surface area contributed by atoms with Crippen LogP contribution in [-0.4, -0.2) is 24.7 Å². The standard InChI is InChI=1S/C13H19NS/c1-11(2)9-14(3)10-12-5-7-13(15-4)8-6-12/h5-8H,1,9-10H2,2-4H3. The van der Waals surface area contributed by atoms with Gasteiger partial charge < -0.3 is 0 Å². The first-order chi connectivity index (χ1) is 7.11. The average Bonchev–Trinajstić information content (AvgIpc) is 2.17. The third-order valence-corrected chi connectivity index (χ3v) is 2.89. The van der Waals surface area contributed by atoms with Crippen LogP contribution in [0.15, 0.2) is 41.3 Å². The minimum absolute atomic E-state index is 0.963. The molecule has 0 bridgehead atoms. The van der Waals surface area contributed by atoms with Gasteiger partial charge in [-0.25, -0.2) is 0 Å². The highest BCUT2D eigenvalue weighted by Gasteiger charge is 2.00. The molecule has 15 heavy (non-hydrogen) atoms. The van der Waals surface area contributed by atoms with Gasteiger partial charge in [0.15, 0.2) is 0 Å². The number of likely N-dealkylation sites (N-methyl/N-ethyl adjacent to an activating group) is 1. The molecule has 0 heterocycles. The van der Waals surface area contributed by atoms with Crippen molar-refractivity contribution in [2.24, 2.45) is 0 Å². The first-order valence-electron chi connectivity index (χ1n) is 5.07. The second kappa shape index (κ2) is 5.99. The van der Waals surface area contributed by atoms with Crippen molar-refractivity contribution >= 4 is 11.8 Å². The van der Waals surface area contributed by atoms with Crippen molar-refractivity contribution in [3.63, 3.8) is 0 Å². The van der Waals surface area contributed by atoms with Crippen LogP contribution in [0.1, 0.15) is 12.5 Å². The summed E-state index contributed by atoms with van der Waals surface area (Å²) in [5, 5.41) is 0. The van der Waals surface area contributed by atoms with Crippen molar-refractivity contribution < 1.29 is 0 Å². The quantitative estimate of drug-likeness (QED) is 0.553. The Labute approximate surface area is 97.2 Å². The molecule has 0 unspecified atom stereocenters. The maximum absolute atomic E-state index is 3.92. The van der Waals surface area contributed by atoms with E-state index in [2.05, 4.69) is 56.0 Å². The van der Waals surface area contributed by atoms with Gasteiger partial charge in [-0.3, -0.25) is 4.90 Å². The Kier molecular flexibility index (Phi) is 4.92. The van der Waals surface area contributed by atoms with Crippen molar-refractivity contribution in [2.45, 2.75) is 18.4 Å². The van der Waals surface area contributed by atoms with Gasteiger partial charge in [0.1, 0.15) is 0 Å². The van der Waals surface area contributed by atoms with Crippen molar-refractivity contribution in [1.29, 1.82) is 0 Å². The monoisotopic (exact) mass is 221 g/mol. The van der Waals surface area contributed by atoms with E-state index in [0.29, 0.717) is 0 Å². The molecule has 0 radical (unpaired) electrons. The molecule has 1 nitrogen and oxygen atoms in total. The molecule has 0 spiro atoms. The predicted octanol–water partition coefficient (Wildman–Crippen LogP) is 3.42. The summed E-state index contributed by atoms with van der Waals surface area (Å²) in [5.74, 6) is 0. The maximum Gasteiger partial charge on any atom is 0.0234 e. The van der Waals surface area contributed by atoms with E-state index in [-0.39, 0.29) is 0 Å². The minimum atomic E-state index is 0.963. The molecule has 2 heteroatoms. The highest BCUT2D eigenvalue weighted by Crippen LogP contribution is 2.15. The Morgan fingerprint density at radius 1 is 1.33 bits per heavy atom. The van der Waals surface area contributed by atoms with Crippen LogP contribution in [0.2, 0.25) is 0 Å². The maximum atomic E-state index is 3.92. The Balaban J connectivity index is 2.53. The Hall–Kier alpha value is -0.730. The van der Waals surface area contributed by atoms with Gasteiger partial charge in [-0.15, -0.1) is 11.8 Å². The molecule has 0 aliphatic heterocycles. The third kappa shape index (κ3) is 4.54. The molecular weight excluding hydrogens is 202 g/mol. The van der Waals surface area contributed by atoms with Gasteiger partial charge in [0.05, 0.1) is 0 Å². The highest BCUT2D eigenvalue weighted by molar-refractivity contribution is 7.98. The number of rotatable bonds is 5. The molecule has 0 aromatic heterocycles. The van der Waals surface area contributed by atoms with Crippen LogP contribution >= 0.6 is 11.8 Å². The van der Waals surface area contributed by atoms with E-state index >= 15 is 0 Å². The number of benzene rings is 1. The van der Waals surface area contributed by atoms with Gasteiger partial charge in [0.2, 0.25) is 0 Å². The van der Waals surface area contributed by atoms with Gasteiger partial charge in [-0.05, 0) is 37.9 Å². The van der Waals surface area contributed by atoms with Crippen molar-refractivity contribution in [1.82, 2.24) is 4.90 Å². The smallest absolute Gasteiger partial charge is 0.0234 e. The summed E-state index contributed by atoms with van der Waals surface area (Å²) >= 11 is 1.78. The molecule has 0 aliphatic rings. The molecule has 82 valence electrons. The average molecular weight is 221 g/mol. The lowest BCUT2D eigenvalue weighted by atomic mass is 10.2. The predicted molar refractivity (Wildman–Crippen MR) is 69.4 cm³/mol. The Morgan fingerprint density at radius 3 is 2.40 bits per heavy atom. The van der Waals surface area contributed by atoms with E-state index in [0.717, 1.165) is 13.1 Å². The lowest BCUT2D eigenvalue weighted by Crippen LogP contribution is -2.19. The fraction of sp³-hybridized carbons (Fsp3) is 0.385. The summed E-state index contributed by atoms with van der Waals surface area (Å²) in [5.41, 5.74) is 2.56. The lowest BCUT2D eigenvalue weighted by molar-refractivity contribution is 0.355. The normalized spacial score (nSPS) is 10.7. The number of nitrogens with zero attached hydrogens (tertiary/aromatic N) is 1. The molecule has 0 amide bonds. The van der Waals surface area contributed by atoms with Crippen molar-refractivity contribution in [3.05, 3.63) is 42.0 Å². The fourth-order valence-corrected chi connectivity index (χ4v) is 1.97. The SMILES string of the molecule is C=C(C)CN(C)Cc1ccc(SC)cc1. The molecular formula is C13H19NS. The van der Waals surface area contributed by atoms with Gasteiger partial charge >= 0.3 is 0 Å². The fourth-order valence-electron chi connectivity index (χ4n) is 1.56. The van der Waals surface area contributed by atoms with Crippen LogP contribution in [0, 0.1) is 0 Å². The van der Waals surface area contributed by atoms with Crippen LogP contribution in [0.4, 0.5) is 0 Å². The van der Waals surface area contributed by atoms with Crippen LogP contribution in [-0.2, 0) is 6.54 Å². The molecule has 0 atom stereocenters. The zero-order valence-electron chi connectivity index (χ0n) is 9.79. The zero-order valence-corrected chi connectivity index (χ0v) is 10.6. The summed E-state index contributed by atoms with van der Waals surface area (Å²) in [7, 11) is 2.12. The Bertz CT molecular complexity index is 316. The first kappa shape index (κ1) is 12.3. The van der Waals surface area contributed by atoms with Crippen molar-refractivity contribution in [2.75, 3.05) is 19.8 Å². The topological polar surface area (TPSA) is 3.24 Å². The molecule has 0 fully saturated rings. The summed E-state index contributed by atoms with van der Waals surface area (Å²) in [6, 6.07) is 8.74. The highest BCUT2D eigenvalue weighted by atomic mass is 32.2. The largest absolute Gasteiger partial charge is 0.298 e. The van der Waals surface area contributed by atoms with Crippen molar-refractivity contribution in [3.8, 4) is 0 Å². The molecule has 1 rings (SSSR count). The van der Waals surface area contributed by atoms with Gasteiger partial charge in [0, 0.05) is 18.0 Å². The molecule has 0 N–H and O–H groups in total. The number of thioether (sulfide) groups is 1. The van der Waals surface area contributed by atoms with E-state index in [9.17, 15) is 0 Å². The van der Waals surface area contributed by atoms with Crippen LogP contribution in [0.25, 0.3) is 0 Å². The second-order valence-corrected chi connectivity index (χ2v) is 4.86. The lowest BCUT2D eigenvalue weighted by Gasteiger charge is -2.16. The summed E-state index contributed by atoms with van der Waals surface area (Å²) in [6.07, 6.45) is 2.10. The molecule has 1 aromatic rings. The van der Waals surface area contributed by atoms with E-state index in [1.807, 2.05) is 0 Å². The van der Waals surface area contributed by atoms with Gasteiger partial charge in [-0.1, -0.05) is 24.3 Å². The Morgan fingerprint density at radius 2 is 1.93 bits per heavy atom. The summed E-state index contributed by atoms with van der Waals surface area (Å²) in [4.78, 5) is 3.59. The first-order valence-corrected chi connectivity index (χ1v) is 6.30. The second-order valence-electron chi connectivity index (χ2n) is 3.98. The van der Waals surface area contributed by atoms with Crippen LogP contribution < -0.4 is 0 Å². The van der Waals surface area contributed by atoms with E-state index in [1.54, 1.807) is 11.8 Å². The molecule has 0 saturated heterocycles. The van der Waals surface area contributed by atoms with Gasteiger partial charge in [-0.2, -0.15) is 0 Å². The van der Waals surface area contributed by atoms with Gasteiger partial charge in [0.25, 0.3) is 0 Å². The summed E-state index contributed by atoms with van der Waals surface area (Å²) < 4.78 is 0. The molecule has 0 saturated carbocycles. The van der Waals surface area contributed by atoms with Crippen LogP contribution in [0.5, 0.6) is 0 Å². The van der Waals surface area contributed by atoms with E-state index in [1.165, 1.54) is 16.0 Å². The number of hydrogen-bond donors (Lipinski definition) is 0. The summed E-state index contributed by atoms with van der Waals surface area (Å²) in [6.45, 7) is 7.93. The molecule has 0 aliphatic carbocycles. The zero-order chi connectivity index (χ0) is 11.3. The van der Waals surface area contributed by atoms with E-state index in [4.69, 9.17) is 0 Å². The number of hydrogen-bond acceptors (Lipinski definition) is 2. The van der Waals surface area contributed by atoms with Crippen LogP contribution in [0.3, 0.4) is 0 Å². The third-order valence-electron chi connectivity index (χ3n) is 2.15. The van der Waals surface area contributed by atoms with E-state index < -0.39 is 0 Å².